The van der Waals surface area contributed by atoms with Crippen molar-refractivity contribution >= 4 is 17.9 Å². The van der Waals surface area contributed by atoms with Gasteiger partial charge in [-0.25, -0.2) is 4.79 Å². The van der Waals surface area contributed by atoms with Gasteiger partial charge in [-0.05, 0) is 84.9 Å². The number of nitrogens with zero attached hydrogens (tertiary/aromatic N) is 1. The number of likely N-dealkylation sites (tertiary alicyclic amines) is 1. The maximum atomic E-state index is 12.9. The number of carbonyl (C=O) groups excluding carboxylic acids is 3. The molecular formula is C24H35N3O4. The van der Waals surface area contributed by atoms with Crippen LogP contribution in [0.5, 0.6) is 0 Å². The van der Waals surface area contributed by atoms with Crippen molar-refractivity contribution in [2.24, 2.45) is 0 Å². The number of amides is 3. The fourth-order valence-electron chi connectivity index (χ4n) is 4.11. The van der Waals surface area contributed by atoms with Crippen LogP contribution in [0.15, 0.2) is 24.3 Å². The first kappa shape index (κ1) is 23.1. The summed E-state index contributed by atoms with van der Waals surface area (Å²) in [6, 6.07) is 7.67. The average molecular weight is 430 g/mol. The number of rotatable bonds is 5. The maximum absolute atomic E-state index is 12.9. The SMILES string of the molecule is CC(NC(=O)C1(NC(=O)OC(C)(C)C)CC1)c1ccc(C(=O)N2C(C)CC[C@H]2C)cc1. The Bertz CT molecular complexity index is 829. The molecule has 1 aliphatic heterocycles. The third-order valence-electron chi connectivity index (χ3n) is 6.12. The van der Waals surface area contributed by atoms with Crippen LogP contribution in [0.3, 0.4) is 0 Å². The molecule has 3 amide bonds. The average Bonchev–Trinajstić information content (AvgIpc) is 3.37. The van der Waals surface area contributed by atoms with Gasteiger partial charge in [-0.1, -0.05) is 12.1 Å². The molecule has 1 saturated carbocycles. The van der Waals surface area contributed by atoms with Crippen molar-refractivity contribution in [2.45, 2.75) is 96.5 Å². The van der Waals surface area contributed by atoms with E-state index in [0.29, 0.717) is 18.4 Å². The molecule has 0 aromatic heterocycles. The van der Waals surface area contributed by atoms with Crippen LogP contribution in [0, 0.1) is 0 Å². The topological polar surface area (TPSA) is 87.7 Å². The zero-order chi connectivity index (χ0) is 23.0. The molecule has 7 heteroatoms. The Kier molecular flexibility index (Phi) is 6.35. The highest BCUT2D eigenvalue weighted by Crippen LogP contribution is 2.36. The first-order valence-electron chi connectivity index (χ1n) is 11.2. The quantitative estimate of drug-likeness (QED) is 0.742. The highest BCUT2D eigenvalue weighted by molar-refractivity contribution is 5.95. The summed E-state index contributed by atoms with van der Waals surface area (Å²) in [5.41, 5.74) is 0.0519. The highest BCUT2D eigenvalue weighted by Gasteiger charge is 2.52. The third-order valence-corrected chi connectivity index (χ3v) is 6.12. The summed E-state index contributed by atoms with van der Waals surface area (Å²) in [6.07, 6.45) is 2.66. The van der Waals surface area contributed by atoms with Gasteiger partial charge < -0.3 is 20.3 Å². The monoisotopic (exact) mass is 429 g/mol. The van der Waals surface area contributed by atoms with E-state index < -0.39 is 17.2 Å². The van der Waals surface area contributed by atoms with E-state index >= 15 is 0 Å². The Balaban J connectivity index is 1.59. The Hall–Kier alpha value is -2.57. The summed E-state index contributed by atoms with van der Waals surface area (Å²) >= 11 is 0. The van der Waals surface area contributed by atoms with E-state index in [9.17, 15) is 14.4 Å². The van der Waals surface area contributed by atoms with Crippen molar-refractivity contribution in [1.82, 2.24) is 15.5 Å². The van der Waals surface area contributed by atoms with Crippen LogP contribution in [-0.4, -0.2) is 46.0 Å². The zero-order valence-electron chi connectivity index (χ0n) is 19.5. The lowest BCUT2D eigenvalue weighted by Crippen LogP contribution is -2.50. The number of benzene rings is 1. The van der Waals surface area contributed by atoms with E-state index in [-0.39, 0.29) is 29.9 Å². The maximum Gasteiger partial charge on any atom is 0.408 e. The normalized spacial score (nSPS) is 23.1. The molecule has 1 aromatic rings. The Morgan fingerprint density at radius 1 is 1.06 bits per heavy atom. The number of hydrogen-bond acceptors (Lipinski definition) is 4. The molecule has 0 bridgehead atoms. The Morgan fingerprint density at radius 3 is 2.10 bits per heavy atom. The summed E-state index contributed by atoms with van der Waals surface area (Å²) in [6.45, 7) is 11.4. The molecule has 7 nitrogen and oxygen atoms in total. The van der Waals surface area contributed by atoms with Gasteiger partial charge in [-0.15, -0.1) is 0 Å². The van der Waals surface area contributed by atoms with Crippen LogP contribution in [0.4, 0.5) is 4.79 Å². The summed E-state index contributed by atoms with van der Waals surface area (Å²) in [7, 11) is 0. The minimum Gasteiger partial charge on any atom is -0.444 e. The number of hydrogen-bond donors (Lipinski definition) is 2. The number of carbonyl (C=O) groups is 3. The highest BCUT2D eigenvalue weighted by atomic mass is 16.6. The number of nitrogens with one attached hydrogen (secondary N) is 2. The molecule has 2 fully saturated rings. The number of ether oxygens (including phenoxy) is 1. The Morgan fingerprint density at radius 2 is 1.61 bits per heavy atom. The van der Waals surface area contributed by atoms with Gasteiger partial charge in [0.2, 0.25) is 5.91 Å². The van der Waals surface area contributed by atoms with E-state index in [1.807, 2.05) is 36.1 Å². The molecule has 1 saturated heterocycles. The van der Waals surface area contributed by atoms with E-state index in [0.717, 1.165) is 18.4 Å². The van der Waals surface area contributed by atoms with Gasteiger partial charge in [0, 0.05) is 17.6 Å². The molecule has 0 radical (unpaired) electrons. The summed E-state index contributed by atoms with van der Waals surface area (Å²) in [5.74, 6) is -0.162. The summed E-state index contributed by atoms with van der Waals surface area (Å²) in [4.78, 5) is 39.7. The van der Waals surface area contributed by atoms with Crippen LogP contribution in [-0.2, 0) is 9.53 Å². The van der Waals surface area contributed by atoms with Gasteiger partial charge in [0.1, 0.15) is 11.1 Å². The fraction of sp³-hybridized carbons (Fsp3) is 0.625. The van der Waals surface area contributed by atoms with Crippen molar-refractivity contribution in [3.63, 3.8) is 0 Å². The standard InChI is InChI=1S/C24H35N3O4/c1-15-7-8-16(2)27(15)20(28)19-11-9-18(10-12-19)17(3)25-21(29)24(13-14-24)26-22(30)31-23(4,5)6/h9-12,15-17H,7-8,13-14H2,1-6H3,(H,25,29)(H,26,30)/t15-,16?,17?/m1/s1. The van der Waals surface area contributed by atoms with Crippen molar-refractivity contribution in [3.8, 4) is 0 Å². The van der Waals surface area contributed by atoms with Crippen LogP contribution >= 0.6 is 0 Å². The smallest absolute Gasteiger partial charge is 0.408 e. The lowest BCUT2D eigenvalue weighted by atomic mass is 10.0. The first-order valence-corrected chi connectivity index (χ1v) is 11.2. The second-order valence-corrected chi connectivity index (χ2v) is 10.0. The van der Waals surface area contributed by atoms with Gasteiger partial charge in [-0.2, -0.15) is 0 Å². The molecule has 31 heavy (non-hydrogen) atoms. The van der Waals surface area contributed by atoms with Gasteiger partial charge in [-0.3, -0.25) is 9.59 Å². The third kappa shape index (κ3) is 5.38. The van der Waals surface area contributed by atoms with Crippen LogP contribution < -0.4 is 10.6 Å². The molecule has 170 valence electrons. The second-order valence-electron chi connectivity index (χ2n) is 10.0. The van der Waals surface area contributed by atoms with Crippen molar-refractivity contribution in [2.75, 3.05) is 0 Å². The second kappa shape index (κ2) is 8.52. The van der Waals surface area contributed by atoms with Crippen LogP contribution in [0.1, 0.15) is 89.2 Å². The van der Waals surface area contributed by atoms with Crippen molar-refractivity contribution in [3.05, 3.63) is 35.4 Å². The first-order chi connectivity index (χ1) is 14.4. The van der Waals surface area contributed by atoms with Gasteiger partial charge in [0.05, 0.1) is 6.04 Å². The number of alkyl carbamates (subject to hydrolysis) is 1. The molecule has 3 rings (SSSR count). The minimum absolute atomic E-state index is 0.0548. The van der Waals surface area contributed by atoms with Crippen LogP contribution in [0.2, 0.25) is 0 Å². The van der Waals surface area contributed by atoms with Crippen molar-refractivity contribution < 1.29 is 19.1 Å². The largest absolute Gasteiger partial charge is 0.444 e. The van der Waals surface area contributed by atoms with E-state index in [1.165, 1.54) is 0 Å². The van der Waals surface area contributed by atoms with Gasteiger partial charge >= 0.3 is 6.09 Å². The summed E-state index contributed by atoms with van der Waals surface area (Å²) < 4.78 is 5.28. The van der Waals surface area contributed by atoms with Crippen LogP contribution in [0.25, 0.3) is 0 Å². The molecule has 3 atom stereocenters. The molecule has 0 spiro atoms. The zero-order valence-corrected chi connectivity index (χ0v) is 19.5. The molecular weight excluding hydrogens is 394 g/mol. The molecule has 1 aliphatic carbocycles. The predicted molar refractivity (Wildman–Crippen MR) is 119 cm³/mol. The predicted octanol–water partition coefficient (Wildman–Crippen LogP) is 3.93. The van der Waals surface area contributed by atoms with E-state index in [2.05, 4.69) is 24.5 Å². The lowest BCUT2D eigenvalue weighted by molar-refractivity contribution is -0.124. The van der Waals surface area contributed by atoms with E-state index in [1.54, 1.807) is 20.8 Å². The minimum atomic E-state index is -0.894. The molecule has 2 aliphatic rings. The van der Waals surface area contributed by atoms with Gasteiger partial charge in [0.15, 0.2) is 0 Å². The molecule has 2 N–H and O–H groups in total. The summed E-state index contributed by atoms with van der Waals surface area (Å²) in [5, 5.41) is 5.70. The fourth-order valence-corrected chi connectivity index (χ4v) is 4.11. The Labute approximate surface area is 184 Å². The van der Waals surface area contributed by atoms with Gasteiger partial charge in [0.25, 0.3) is 5.91 Å². The molecule has 1 heterocycles. The molecule has 2 unspecified atom stereocenters. The van der Waals surface area contributed by atoms with E-state index in [4.69, 9.17) is 4.74 Å². The molecule has 1 aromatic carbocycles. The lowest BCUT2D eigenvalue weighted by Gasteiger charge is -2.26. The van der Waals surface area contributed by atoms with Crippen molar-refractivity contribution in [1.29, 1.82) is 0 Å².